The molecule has 4 nitrogen and oxygen atoms in total. The number of carboxylic acid groups (broad SMARTS) is 1. The Hall–Kier alpha value is -1.62. The van der Waals surface area contributed by atoms with Gasteiger partial charge in [-0.25, -0.2) is 4.79 Å². The van der Waals surface area contributed by atoms with Crippen LogP contribution in [0.15, 0.2) is 22.7 Å². The summed E-state index contributed by atoms with van der Waals surface area (Å²) in [5.74, 6) is -0.961. The van der Waals surface area contributed by atoms with Gasteiger partial charge >= 0.3 is 5.97 Å². The van der Waals surface area contributed by atoms with E-state index < -0.39 is 5.97 Å². The molecule has 0 radical (unpaired) electrons. The van der Waals surface area contributed by atoms with Crippen LogP contribution in [0, 0.1) is 6.92 Å². The van der Waals surface area contributed by atoms with E-state index in [1.807, 2.05) is 29.8 Å². The minimum absolute atomic E-state index is 0.163. The number of aryl methyl sites for hydroxylation is 2. The van der Waals surface area contributed by atoms with Crippen molar-refractivity contribution in [3.63, 3.8) is 0 Å². The maximum Gasteiger partial charge on any atom is 0.357 e. The van der Waals surface area contributed by atoms with Gasteiger partial charge in [-0.05, 0) is 37.0 Å². The number of benzene rings is 1. The van der Waals surface area contributed by atoms with Crippen LogP contribution in [0.25, 0.3) is 11.1 Å². The second-order valence-electron chi connectivity index (χ2n) is 4.77. The number of hydrogen-bond acceptors (Lipinski definition) is 2. The third-order valence-electron chi connectivity index (χ3n) is 3.49. The molecule has 0 atom stereocenters. The van der Waals surface area contributed by atoms with Gasteiger partial charge in [0.2, 0.25) is 0 Å². The topological polar surface area (TPSA) is 55.1 Å². The first-order chi connectivity index (χ1) is 9.08. The van der Waals surface area contributed by atoms with Crippen LogP contribution >= 0.6 is 15.9 Å². The number of aromatic nitrogens is 2. The lowest BCUT2D eigenvalue weighted by Crippen LogP contribution is -2.02. The molecule has 2 heterocycles. The van der Waals surface area contributed by atoms with Gasteiger partial charge in [0.15, 0.2) is 5.69 Å². The van der Waals surface area contributed by atoms with Gasteiger partial charge in [0, 0.05) is 22.3 Å². The largest absolute Gasteiger partial charge is 0.476 e. The summed E-state index contributed by atoms with van der Waals surface area (Å²) in [4.78, 5) is 11.4. The van der Waals surface area contributed by atoms with Crippen molar-refractivity contribution in [3.05, 3.63) is 39.6 Å². The average molecular weight is 321 g/mol. The summed E-state index contributed by atoms with van der Waals surface area (Å²) in [6.45, 7) is 2.81. The van der Waals surface area contributed by atoms with Crippen LogP contribution in [0.1, 0.15) is 28.2 Å². The molecular weight excluding hydrogens is 308 g/mol. The van der Waals surface area contributed by atoms with Gasteiger partial charge in [-0.2, -0.15) is 5.10 Å². The van der Waals surface area contributed by atoms with E-state index in [1.54, 1.807) is 0 Å². The molecule has 0 bridgehead atoms. The molecule has 0 spiro atoms. The Morgan fingerprint density at radius 1 is 1.47 bits per heavy atom. The number of nitrogens with zero attached hydrogens (tertiary/aromatic N) is 2. The maximum absolute atomic E-state index is 11.4. The summed E-state index contributed by atoms with van der Waals surface area (Å²) >= 11 is 3.47. The predicted molar refractivity (Wildman–Crippen MR) is 75.4 cm³/mol. The summed E-state index contributed by atoms with van der Waals surface area (Å²) in [5.41, 5.74) is 4.00. The van der Waals surface area contributed by atoms with E-state index in [9.17, 15) is 9.90 Å². The Labute approximate surface area is 119 Å². The van der Waals surface area contributed by atoms with E-state index in [-0.39, 0.29) is 5.69 Å². The highest BCUT2D eigenvalue weighted by atomic mass is 79.9. The quantitative estimate of drug-likeness (QED) is 0.924. The van der Waals surface area contributed by atoms with Crippen LogP contribution in [-0.2, 0) is 13.0 Å². The van der Waals surface area contributed by atoms with Crippen molar-refractivity contribution in [2.24, 2.45) is 0 Å². The lowest BCUT2D eigenvalue weighted by atomic mass is 10.00. The number of hydrogen-bond donors (Lipinski definition) is 1. The number of carboxylic acids is 1. The van der Waals surface area contributed by atoms with Gasteiger partial charge in [-0.1, -0.05) is 28.1 Å². The maximum atomic E-state index is 11.4. The van der Waals surface area contributed by atoms with Crippen LogP contribution in [0.3, 0.4) is 0 Å². The Kier molecular flexibility index (Phi) is 2.93. The fraction of sp³-hybridized carbons (Fsp3) is 0.286. The zero-order valence-corrected chi connectivity index (χ0v) is 12.1. The van der Waals surface area contributed by atoms with Gasteiger partial charge in [0.1, 0.15) is 0 Å². The fourth-order valence-corrected chi connectivity index (χ4v) is 2.83. The highest BCUT2D eigenvalue weighted by Gasteiger charge is 2.26. The van der Waals surface area contributed by atoms with E-state index in [4.69, 9.17) is 0 Å². The zero-order chi connectivity index (χ0) is 13.6. The number of carbonyl (C=O) groups is 1. The molecule has 0 aliphatic carbocycles. The van der Waals surface area contributed by atoms with E-state index in [0.717, 1.165) is 46.2 Å². The molecule has 1 aromatic carbocycles. The summed E-state index contributed by atoms with van der Waals surface area (Å²) < 4.78 is 2.85. The van der Waals surface area contributed by atoms with Crippen molar-refractivity contribution >= 4 is 21.9 Å². The summed E-state index contributed by atoms with van der Waals surface area (Å²) in [6.07, 6.45) is 1.93. The van der Waals surface area contributed by atoms with Gasteiger partial charge in [0.05, 0.1) is 0 Å². The Bertz CT molecular complexity index is 676. The number of rotatable bonds is 2. The van der Waals surface area contributed by atoms with E-state index in [0.29, 0.717) is 0 Å². The SMILES string of the molecule is Cc1cc(-c2c(C(=O)O)nn3c2CCC3)ccc1Br. The Morgan fingerprint density at radius 2 is 2.26 bits per heavy atom. The molecule has 1 aliphatic rings. The van der Waals surface area contributed by atoms with Crippen molar-refractivity contribution < 1.29 is 9.90 Å². The molecule has 0 fully saturated rings. The molecule has 1 N–H and O–H groups in total. The summed E-state index contributed by atoms with van der Waals surface area (Å²) in [5, 5.41) is 13.5. The molecule has 1 aliphatic heterocycles. The molecule has 19 heavy (non-hydrogen) atoms. The van der Waals surface area contributed by atoms with Crippen molar-refractivity contribution in [3.8, 4) is 11.1 Å². The van der Waals surface area contributed by atoms with E-state index in [1.165, 1.54) is 0 Å². The smallest absolute Gasteiger partial charge is 0.357 e. The van der Waals surface area contributed by atoms with Crippen molar-refractivity contribution in [2.75, 3.05) is 0 Å². The van der Waals surface area contributed by atoms with Gasteiger partial charge in [0.25, 0.3) is 0 Å². The minimum atomic E-state index is -0.961. The molecule has 3 rings (SSSR count). The van der Waals surface area contributed by atoms with E-state index >= 15 is 0 Å². The summed E-state index contributed by atoms with van der Waals surface area (Å²) in [7, 11) is 0. The van der Waals surface area contributed by atoms with Crippen LogP contribution in [0.4, 0.5) is 0 Å². The van der Waals surface area contributed by atoms with Crippen LogP contribution in [0.5, 0.6) is 0 Å². The molecule has 0 unspecified atom stereocenters. The average Bonchev–Trinajstić information content (AvgIpc) is 2.92. The Morgan fingerprint density at radius 3 is 2.95 bits per heavy atom. The van der Waals surface area contributed by atoms with Gasteiger partial charge in [-0.3, -0.25) is 4.68 Å². The molecule has 0 saturated carbocycles. The number of aromatic carboxylic acids is 1. The van der Waals surface area contributed by atoms with Gasteiger partial charge in [-0.15, -0.1) is 0 Å². The second kappa shape index (κ2) is 4.49. The third-order valence-corrected chi connectivity index (χ3v) is 4.38. The fourth-order valence-electron chi connectivity index (χ4n) is 2.59. The first-order valence-corrected chi connectivity index (χ1v) is 6.96. The first kappa shape index (κ1) is 12.4. The highest BCUT2D eigenvalue weighted by Crippen LogP contribution is 2.33. The standard InChI is InChI=1S/C14H13BrN2O2/c1-8-7-9(4-5-10(8)15)12-11-3-2-6-17(11)16-13(12)14(18)19/h4-5,7H,2-3,6H2,1H3,(H,18,19). The lowest BCUT2D eigenvalue weighted by molar-refractivity contribution is 0.0690. The minimum Gasteiger partial charge on any atom is -0.476 e. The van der Waals surface area contributed by atoms with Crippen LogP contribution in [0.2, 0.25) is 0 Å². The van der Waals surface area contributed by atoms with Crippen LogP contribution < -0.4 is 0 Å². The molecule has 5 heteroatoms. The Balaban J connectivity index is 2.23. The first-order valence-electron chi connectivity index (χ1n) is 6.17. The highest BCUT2D eigenvalue weighted by molar-refractivity contribution is 9.10. The summed E-state index contributed by atoms with van der Waals surface area (Å²) in [6, 6.07) is 5.90. The molecule has 2 aromatic rings. The van der Waals surface area contributed by atoms with Crippen molar-refractivity contribution in [1.29, 1.82) is 0 Å². The van der Waals surface area contributed by atoms with Gasteiger partial charge < -0.3 is 5.11 Å². The molecular formula is C14H13BrN2O2. The second-order valence-corrected chi connectivity index (χ2v) is 5.62. The lowest BCUT2D eigenvalue weighted by Gasteiger charge is -2.05. The number of fused-ring (bicyclic) bond motifs is 1. The normalized spacial score (nSPS) is 13.6. The third kappa shape index (κ3) is 1.98. The van der Waals surface area contributed by atoms with Crippen LogP contribution in [-0.4, -0.2) is 20.9 Å². The van der Waals surface area contributed by atoms with Crippen molar-refractivity contribution in [1.82, 2.24) is 9.78 Å². The zero-order valence-electron chi connectivity index (χ0n) is 10.5. The monoisotopic (exact) mass is 320 g/mol. The predicted octanol–water partition coefficient (Wildman–Crippen LogP) is 3.27. The molecule has 98 valence electrons. The molecule has 0 amide bonds. The molecule has 1 aromatic heterocycles. The molecule has 0 saturated heterocycles. The van der Waals surface area contributed by atoms with Crippen molar-refractivity contribution in [2.45, 2.75) is 26.3 Å². The van der Waals surface area contributed by atoms with E-state index in [2.05, 4.69) is 21.0 Å². The number of halogens is 1.